The quantitative estimate of drug-likeness (QED) is 0.708. The largest absolute Gasteiger partial charge is 0.358 e. The summed E-state index contributed by atoms with van der Waals surface area (Å²) in [5.41, 5.74) is -0.125. The van der Waals surface area contributed by atoms with Crippen molar-refractivity contribution in [1.29, 1.82) is 0 Å². The second-order valence-corrected chi connectivity index (χ2v) is 8.52. The van der Waals surface area contributed by atoms with Gasteiger partial charge in [-0.15, -0.1) is 5.92 Å². The van der Waals surface area contributed by atoms with E-state index in [4.69, 9.17) is 0 Å². The van der Waals surface area contributed by atoms with Gasteiger partial charge in [-0.3, -0.25) is 14.2 Å². The third-order valence-corrected chi connectivity index (χ3v) is 6.64. The minimum absolute atomic E-state index is 0.0274. The average molecular weight is 415 g/mol. The SMILES string of the molecule is CC#CCN1CC[C@@]2(C[C@@H]1C)C(N1CCC(CF)C1)=NC(=O)N2c1cccc(F)c1. The summed E-state index contributed by atoms with van der Waals surface area (Å²) in [5, 5.41) is 0. The monoisotopic (exact) mass is 414 g/mol. The molecule has 4 rings (SSSR count). The highest BCUT2D eigenvalue weighted by atomic mass is 19.1. The molecule has 0 radical (unpaired) electrons. The summed E-state index contributed by atoms with van der Waals surface area (Å²) < 4.78 is 27.3. The van der Waals surface area contributed by atoms with Crippen molar-refractivity contribution in [2.75, 3.05) is 37.8 Å². The summed E-state index contributed by atoms with van der Waals surface area (Å²) >= 11 is 0. The standard InChI is InChI=1S/C23H28F2N4O/c1-3-4-10-27-12-9-23(14-17(27)2)21(28-11-8-18(15-24)16-28)26-22(30)29(23)20-7-5-6-19(25)13-20/h5-7,13,17-18H,8-12,14-16H2,1-2H3/t17-,18?,23+/m0/s1. The number of piperidine rings is 1. The van der Waals surface area contributed by atoms with Crippen molar-refractivity contribution in [3.05, 3.63) is 30.1 Å². The Hall–Kier alpha value is -2.46. The van der Waals surface area contributed by atoms with Crippen LogP contribution in [0.25, 0.3) is 0 Å². The van der Waals surface area contributed by atoms with Crippen molar-refractivity contribution >= 4 is 17.6 Å². The number of likely N-dealkylation sites (tertiary alicyclic amines) is 2. The van der Waals surface area contributed by atoms with Gasteiger partial charge in [-0.2, -0.15) is 4.99 Å². The van der Waals surface area contributed by atoms with E-state index in [0.29, 0.717) is 38.2 Å². The van der Waals surface area contributed by atoms with Gasteiger partial charge in [-0.05, 0) is 51.3 Å². The lowest BCUT2D eigenvalue weighted by atomic mass is 9.80. The van der Waals surface area contributed by atoms with Crippen LogP contribution in [0.5, 0.6) is 0 Å². The van der Waals surface area contributed by atoms with Gasteiger partial charge in [0.05, 0.1) is 13.2 Å². The molecule has 2 fully saturated rings. The maximum atomic E-state index is 14.0. The summed E-state index contributed by atoms with van der Waals surface area (Å²) in [6.07, 6.45) is 2.12. The first-order valence-electron chi connectivity index (χ1n) is 10.6. The van der Waals surface area contributed by atoms with E-state index in [1.54, 1.807) is 17.0 Å². The van der Waals surface area contributed by atoms with Crippen LogP contribution >= 0.6 is 0 Å². The smallest absolute Gasteiger partial charge is 0.350 e. The Morgan fingerprint density at radius 2 is 2.17 bits per heavy atom. The highest BCUT2D eigenvalue weighted by Crippen LogP contribution is 2.43. The van der Waals surface area contributed by atoms with Gasteiger partial charge in [-0.1, -0.05) is 12.0 Å². The van der Waals surface area contributed by atoms with E-state index < -0.39 is 5.54 Å². The third-order valence-electron chi connectivity index (χ3n) is 6.64. The molecule has 0 bridgehead atoms. The van der Waals surface area contributed by atoms with E-state index in [2.05, 4.69) is 33.6 Å². The zero-order chi connectivity index (χ0) is 21.3. The van der Waals surface area contributed by atoms with Crippen LogP contribution < -0.4 is 4.90 Å². The summed E-state index contributed by atoms with van der Waals surface area (Å²) in [5.74, 6) is 6.39. The van der Waals surface area contributed by atoms with Gasteiger partial charge in [0.2, 0.25) is 0 Å². The molecular formula is C23H28F2N4O. The maximum absolute atomic E-state index is 14.0. The van der Waals surface area contributed by atoms with E-state index in [1.807, 2.05) is 6.92 Å². The molecule has 0 N–H and O–H groups in total. The Morgan fingerprint density at radius 3 is 2.83 bits per heavy atom. The van der Waals surface area contributed by atoms with Gasteiger partial charge < -0.3 is 4.90 Å². The number of amidine groups is 1. The highest BCUT2D eigenvalue weighted by molar-refractivity contribution is 6.16. The molecule has 1 spiro atoms. The van der Waals surface area contributed by atoms with E-state index in [1.165, 1.54) is 12.1 Å². The molecule has 7 heteroatoms. The van der Waals surface area contributed by atoms with Crippen LogP contribution in [0, 0.1) is 23.6 Å². The molecule has 3 heterocycles. The molecule has 1 unspecified atom stereocenters. The fourth-order valence-electron chi connectivity index (χ4n) is 5.11. The normalized spacial score (nSPS) is 29.3. The van der Waals surface area contributed by atoms with Crippen LogP contribution in [0.2, 0.25) is 0 Å². The zero-order valence-electron chi connectivity index (χ0n) is 17.6. The third kappa shape index (κ3) is 3.58. The number of benzene rings is 1. The maximum Gasteiger partial charge on any atom is 0.350 e. The van der Waals surface area contributed by atoms with Crippen molar-refractivity contribution in [2.45, 2.75) is 44.7 Å². The minimum Gasteiger partial charge on any atom is -0.358 e. The zero-order valence-corrected chi connectivity index (χ0v) is 17.6. The molecule has 3 aliphatic heterocycles. The molecular weight excluding hydrogens is 386 g/mol. The predicted octanol–water partition coefficient (Wildman–Crippen LogP) is 3.70. The fraction of sp³-hybridized carbons (Fsp3) is 0.565. The molecule has 3 atom stereocenters. The first-order valence-corrected chi connectivity index (χ1v) is 10.6. The first kappa shape index (κ1) is 20.8. The van der Waals surface area contributed by atoms with Crippen LogP contribution in [0.1, 0.15) is 33.1 Å². The van der Waals surface area contributed by atoms with Crippen molar-refractivity contribution in [2.24, 2.45) is 10.9 Å². The van der Waals surface area contributed by atoms with Gasteiger partial charge >= 0.3 is 6.03 Å². The lowest BCUT2D eigenvalue weighted by Crippen LogP contribution is -2.63. The molecule has 0 saturated carbocycles. The summed E-state index contributed by atoms with van der Waals surface area (Å²) in [7, 11) is 0. The van der Waals surface area contributed by atoms with E-state index in [0.717, 1.165) is 18.8 Å². The summed E-state index contributed by atoms with van der Waals surface area (Å²) in [4.78, 5) is 23.6. The second kappa shape index (κ2) is 8.35. The number of halogens is 2. The van der Waals surface area contributed by atoms with Crippen LogP contribution in [0.15, 0.2) is 29.3 Å². The van der Waals surface area contributed by atoms with Gasteiger partial charge in [-0.25, -0.2) is 9.18 Å². The summed E-state index contributed by atoms with van der Waals surface area (Å²) in [6, 6.07) is 5.95. The van der Waals surface area contributed by atoms with E-state index in [-0.39, 0.29) is 30.5 Å². The Labute approximate surface area is 176 Å². The second-order valence-electron chi connectivity index (χ2n) is 8.52. The van der Waals surface area contributed by atoms with Crippen molar-refractivity contribution in [3.8, 4) is 11.8 Å². The molecule has 0 aromatic heterocycles. The van der Waals surface area contributed by atoms with Crippen molar-refractivity contribution < 1.29 is 13.6 Å². The fourth-order valence-corrected chi connectivity index (χ4v) is 5.11. The molecule has 30 heavy (non-hydrogen) atoms. The molecule has 2 amide bonds. The Balaban J connectivity index is 1.71. The molecule has 3 aliphatic rings. The van der Waals surface area contributed by atoms with Gasteiger partial charge in [0, 0.05) is 37.3 Å². The number of alkyl halides is 1. The number of rotatable bonds is 3. The number of urea groups is 1. The average Bonchev–Trinajstić information content (AvgIpc) is 3.30. The van der Waals surface area contributed by atoms with Gasteiger partial charge in [0.1, 0.15) is 17.2 Å². The number of amides is 2. The Morgan fingerprint density at radius 1 is 1.33 bits per heavy atom. The van der Waals surface area contributed by atoms with Crippen molar-refractivity contribution in [3.63, 3.8) is 0 Å². The minimum atomic E-state index is -0.647. The first-order chi connectivity index (χ1) is 14.5. The van der Waals surface area contributed by atoms with Gasteiger partial charge in [0.15, 0.2) is 0 Å². The number of hydrogen-bond acceptors (Lipinski definition) is 3. The number of hydrogen-bond donors (Lipinski definition) is 0. The van der Waals surface area contributed by atoms with Crippen LogP contribution in [-0.4, -0.2) is 66.1 Å². The number of aliphatic imine (C=N–C) groups is 1. The topological polar surface area (TPSA) is 39.1 Å². The van der Waals surface area contributed by atoms with Gasteiger partial charge in [0.25, 0.3) is 0 Å². The molecule has 5 nitrogen and oxygen atoms in total. The Bertz CT molecular complexity index is 908. The molecule has 1 aromatic carbocycles. The molecule has 0 aliphatic carbocycles. The molecule has 1 aromatic rings. The predicted molar refractivity (Wildman–Crippen MR) is 114 cm³/mol. The summed E-state index contributed by atoms with van der Waals surface area (Å²) in [6.45, 7) is 6.31. The number of carbonyl (C=O) groups is 1. The number of nitrogens with zero attached hydrogens (tertiary/aromatic N) is 4. The van der Waals surface area contributed by atoms with Crippen molar-refractivity contribution in [1.82, 2.24) is 9.80 Å². The number of anilines is 1. The van der Waals surface area contributed by atoms with Crippen LogP contribution in [0.3, 0.4) is 0 Å². The van der Waals surface area contributed by atoms with E-state index >= 15 is 0 Å². The van der Waals surface area contributed by atoms with E-state index in [9.17, 15) is 13.6 Å². The highest BCUT2D eigenvalue weighted by Gasteiger charge is 2.55. The van der Waals surface area contributed by atoms with Crippen LogP contribution in [-0.2, 0) is 0 Å². The molecule has 160 valence electrons. The lowest BCUT2D eigenvalue weighted by Gasteiger charge is -2.49. The van der Waals surface area contributed by atoms with Crippen LogP contribution in [0.4, 0.5) is 19.3 Å². The molecule has 2 saturated heterocycles. The Kier molecular flexibility index (Phi) is 5.79. The number of carbonyl (C=O) groups excluding carboxylic acids is 1. The lowest BCUT2D eigenvalue weighted by molar-refractivity contribution is 0.142.